The number of rotatable bonds is 3. The van der Waals surface area contributed by atoms with Crippen molar-refractivity contribution in [1.29, 1.82) is 0 Å². The van der Waals surface area contributed by atoms with Gasteiger partial charge in [-0.3, -0.25) is 0 Å². The van der Waals surface area contributed by atoms with Crippen LogP contribution in [0, 0.1) is 0 Å². The van der Waals surface area contributed by atoms with Gasteiger partial charge in [-0.2, -0.15) is 0 Å². The largest absolute Gasteiger partial charge is 0.497 e. The second-order valence-electron chi connectivity index (χ2n) is 4.39. The van der Waals surface area contributed by atoms with Crippen LogP contribution >= 0.6 is 0 Å². The molecule has 1 aromatic carbocycles. The molecule has 0 amide bonds. The van der Waals surface area contributed by atoms with Crippen molar-refractivity contribution in [1.82, 2.24) is 0 Å². The van der Waals surface area contributed by atoms with E-state index < -0.39 is 0 Å². The Morgan fingerprint density at radius 3 is 2.11 bits per heavy atom. The fourth-order valence-electron chi connectivity index (χ4n) is 1.73. The van der Waals surface area contributed by atoms with Crippen LogP contribution in [0.25, 0.3) is 0 Å². The van der Waals surface area contributed by atoms with Gasteiger partial charge in [0.15, 0.2) is 12.4 Å². The smallest absolute Gasteiger partial charge is 0.424 e. The zero-order valence-electron chi connectivity index (χ0n) is 11.3. The number of nitrogens with zero attached hydrogens (tertiary/aromatic N) is 2. The van der Waals surface area contributed by atoms with Crippen LogP contribution in [0.15, 0.2) is 48.8 Å². The molecule has 0 aliphatic carbocycles. The van der Waals surface area contributed by atoms with Crippen LogP contribution in [0.2, 0.25) is 0 Å². The molecule has 2 aromatic rings. The monoisotopic (exact) mass is 257 g/mol. The molecule has 0 N–H and O–H groups in total. The van der Waals surface area contributed by atoms with E-state index in [1.807, 2.05) is 31.1 Å². The molecule has 0 aliphatic rings. The molecular weight excluding hydrogens is 240 g/mol. The van der Waals surface area contributed by atoms with E-state index in [1.165, 1.54) is 0 Å². The summed E-state index contributed by atoms with van der Waals surface area (Å²) in [6.45, 7) is 0. The topological polar surface area (TPSA) is 33.4 Å². The second-order valence-corrected chi connectivity index (χ2v) is 4.39. The summed E-state index contributed by atoms with van der Waals surface area (Å²) in [6, 6.07) is 10.9. The van der Waals surface area contributed by atoms with Gasteiger partial charge in [0.1, 0.15) is 5.75 Å². The van der Waals surface area contributed by atoms with E-state index in [4.69, 9.17) is 4.74 Å². The van der Waals surface area contributed by atoms with Gasteiger partial charge >= 0.3 is 5.91 Å². The first-order valence-corrected chi connectivity index (χ1v) is 5.99. The predicted molar refractivity (Wildman–Crippen MR) is 73.7 cm³/mol. The van der Waals surface area contributed by atoms with Crippen molar-refractivity contribution in [2.45, 2.75) is 0 Å². The molecule has 1 heterocycles. The van der Waals surface area contributed by atoms with Gasteiger partial charge in [0.05, 0.1) is 12.7 Å². The maximum Gasteiger partial charge on any atom is 0.424 e. The van der Waals surface area contributed by atoms with Crippen molar-refractivity contribution in [3.8, 4) is 5.75 Å². The summed E-state index contributed by atoms with van der Waals surface area (Å²) in [7, 11) is 5.53. The van der Waals surface area contributed by atoms with Crippen LogP contribution in [-0.2, 0) is 0 Å². The van der Waals surface area contributed by atoms with Gasteiger partial charge in [-0.15, -0.1) is 4.57 Å². The van der Waals surface area contributed by atoms with Crippen molar-refractivity contribution in [2.24, 2.45) is 0 Å². The lowest BCUT2D eigenvalue weighted by Crippen LogP contribution is -2.42. The minimum Gasteiger partial charge on any atom is -0.497 e. The highest BCUT2D eigenvalue weighted by molar-refractivity contribution is 5.87. The molecule has 0 atom stereocenters. The maximum atomic E-state index is 12.2. The van der Waals surface area contributed by atoms with E-state index in [1.54, 1.807) is 48.3 Å². The zero-order chi connectivity index (χ0) is 13.8. The molecule has 0 radical (unpaired) electrons. The zero-order valence-corrected chi connectivity index (χ0v) is 11.3. The lowest BCUT2D eigenvalue weighted by atomic mass is 10.2. The standard InChI is InChI=1S/C15H17N2O2/c1-16(2)13-8-10-17(11-9-13)15(18)12-4-6-14(19-3)7-5-12/h4-11H,1-3H3/q+1. The first-order valence-electron chi connectivity index (χ1n) is 5.99. The third-order valence-corrected chi connectivity index (χ3v) is 2.90. The van der Waals surface area contributed by atoms with Crippen LogP contribution in [0.5, 0.6) is 5.75 Å². The van der Waals surface area contributed by atoms with Crippen LogP contribution in [0.1, 0.15) is 10.4 Å². The minimum atomic E-state index is -0.0621. The molecule has 0 saturated carbocycles. The molecule has 19 heavy (non-hydrogen) atoms. The van der Waals surface area contributed by atoms with Gasteiger partial charge in [0.25, 0.3) is 0 Å². The van der Waals surface area contributed by atoms with Crippen LogP contribution in [0.3, 0.4) is 0 Å². The Morgan fingerprint density at radius 1 is 1.05 bits per heavy atom. The Labute approximate surface area is 112 Å². The summed E-state index contributed by atoms with van der Waals surface area (Å²) >= 11 is 0. The average molecular weight is 257 g/mol. The van der Waals surface area contributed by atoms with Crippen LogP contribution in [-0.4, -0.2) is 27.1 Å². The third kappa shape index (κ3) is 2.91. The van der Waals surface area contributed by atoms with Crippen molar-refractivity contribution >= 4 is 11.6 Å². The Bertz CT molecular complexity index is 560. The number of ether oxygens (including phenoxy) is 1. The quantitative estimate of drug-likeness (QED) is 0.785. The van der Waals surface area contributed by atoms with Crippen molar-refractivity contribution in [2.75, 3.05) is 26.1 Å². The van der Waals surface area contributed by atoms with Gasteiger partial charge in [-0.05, 0) is 24.3 Å². The molecular formula is C15H17N2O2+. The van der Waals surface area contributed by atoms with Crippen molar-refractivity contribution in [3.63, 3.8) is 0 Å². The highest BCUT2D eigenvalue weighted by Crippen LogP contribution is 2.11. The van der Waals surface area contributed by atoms with E-state index in [2.05, 4.69) is 0 Å². The number of anilines is 1. The molecule has 0 fully saturated rings. The Hall–Kier alpha value is -2.36. The maximum absolute atomic E-state index is 12.2. The Balaban J connectivity index is 2.22. The molecule has 0 bridgehead atoms. The average Bonchev–Trinajstić information content (AvgIpc) is 2.46. The van der Waals surface area contributed by atoms with Crippen molar-refractivity contribution in [3.05, 3.63) is 54.4 Å². The number of benzene rings is 1. The molecule has 0 spiro atoms. The van der Waals surface area contributed by atoms with Gasteiger partial charge in [-0.1, -0.05) is 0 Å². The molecule has 2 rings (SSSR count). The minimum absolute atomic E-state index is 0.0621. The molecule has 0 aliphatic heterocycles. The fraction of sp³-hybridized carbons (Fsp3) is 0.200. The summed E-state index contributed by atoms with van der Waals surface area (Å²) in [5.74, 6) is 0.678. The summed E-state index contributed by atoms with van der Waals surface area (Å²) in [5.41, 5.74) is 1.68. The third-order valence-electron chi connectivity index (χ3n) is 2.90. The number of hydrogen-bond donors (Lipinski definition) is 0. The Kier molecular flexibility index (Phi) is 3.80. The fourth-order valence-corrected chi connectivity index (χ4v) is 1.73. The molecule has 0 saturated heterocycles. The van der Waals surface area contributed by atoms with E-state index in [9.17, 15) is 4.79 Å². The van der Waals surface area contributed by atoms with Gasteiger partial charge in [-0.25, -0.2) is 4.79 Å². The van der Waals surface area contributed by atoms with E-state index in [0.29, 0.717) is 5.56 Å². The SMILES string of the molecule is COc1ccc(C(=O)[n+]2ccc(N(C)C)cc2)cc1. The molecule has 4 heteroatoms. The summed E-state index contributed by atoms with van der Waals surface area (Å²) < 4.78 is 6.64. The number of pyridine rings is 1. The number of carbonyl (C=O) groups is 1. The van der Waals surface area contributed by atoms with Gasteiger partial charge in [0, 0.05) is 31.9 Å². The summed E-state index contributed by atoms with van der Waals surface area (Å²) in [5, 5.41) is 0. The van der Waals surface area contributed by atoms with E-state index in [0.717, 1.165) is 11.4 Å². The van der Waals surface area contributed by atoms with Crippen LogP contribution in [0.4, 0.5) is 5.69 Å². The number of methoxy groups -OCH3 is 1. The molecule has 4 nitrogen and oxygen atoms in total. The molecule has 98 valence electrons. The van der Waals surface area contributed by atoms with E-state index in [-0.39, 0.29) is 5.91 Å². The van der Waals surface area contributed by atoms with Crippen molar-refractivity contribution < 1.29 is 14.1 Å². The first kappa shape index (κ1) is 13.1. The summed E-state index contributed by atoms with van der Waals surface area (Å²) in [4.78, 5) is 14.2. The number of hydrogen-bond acceptors (Lipinski definition) is 3. The normalized spacial score (nSPS) is 10.1. The van der Waals surface area contributed by atoms with Crippen LogP contribution < -0.4 is 14.2 Å². The predicted octanol–water partition coefficient (Wildman–Crippen LogP) is 1.74. The highest BCUT2D eigenvalue weighted by atomic mass is 16.5. The molecule has 1 aromatic heterocycles. The summed E-state index contributed by atoms with van der Waals surface area (Å²) in [6.07, 6.45) is 3.53. The lowest BCUT2D eigenvalue weighted by molar-refractivity contribution is -0.570. The number of carbonyl (C=O) groups excluding carboxylic acids is 1. The van der Waals surface area contributed by atoms with E-state index >= 15 is 0 Å². The lowest BCUT2D eigenvalue weighted by Gasteiger charge is -2.10. The highest BCUT2D eigenvalue weighted by Gasteiger charge is 2.16. The van der Waals surface area contributed by atoms with Gasteiger partial charge in [0.2, 0.25) is 0 Å². The van der Waals surface area contributed by atoms with Gasteiger partial charge < -0.3 is 9.64 Å². The Morgan fingerprint density at radius 2 is 1.63 bits per heavy atom. The second kappa shape index (κ2) is 5.52. The first-order chi connectivity index (χ1) is 9.11. The molecule has 0 unspecified atom stereocenters. The number of aromatic nitrogens is 1.